The van der Waals surface area contributed by atoms with Crippen molar-refractivity contribution in [3.8, 4) is 0 Å². The van der Waals surface area contributed by atoms with Gasteiger partial charge in [0, 0.05) is 31.7 Å². The molecule has 2 aliphatic heterocycles. The van der Waals surface area contributed by atoms with Gasteiger partial charge in [-0.1, -0.05) is 30.3 Å². The van der Waals surface area contributed by atoms with Crippen molar-refractivity contribution in [3.63, 3.8) is 0 Å². The van der Waals surface area contributed by atoms with Crippen LogP contribution >= 0.6 is 11.6 Å². The third-order valence-electron chi connectivity index (χ3n) is 5.41. The second-order valence-corrected chi connectivity index (χ2v) is 7.68. The minimum atomic E-state index is -0.390. The fraction of sp³-hybridized carbons (Fsp3) is 0.429. The van der Waals surface area contributed by atoms with Gasteiger partial charge in [-0.15, -0.1) is 0 Å². The molecule has 3 heterocycles. The zero-order chi connectivity index (χ0) is 20.9. The van der Waals surface area contributed by atoms with E-state index in [0.29, 0.717) is 26.2 Å². The molecule has 1 atom stereocenters. The van der Waals surface area contributed by atoms with Gasteiger partial charge in [0.2, 0.25) is 11.8 Å². The highest BCUT2D eigenvalue weighted by Crippen LogP contribution is 2.27. The first-order valence-corrected chi connectivity index (χ1v) is 10.3. The predicted molar refractivity (Wildman–Crippen MR) is 113 cm³/mol. The van der Waals surface area contributed by atoms with Crippen molar-refractivity contribution in [3.05, 3.63) is 63.9 Å². The second kappa shape index (κ2) is 9.28. The molecular weight excluding hydrogens is 404 g/mol. The summed E-state index contributed by atoms with van der Waals surface area (Å²) in [5, 5.41) is 3.52. The number of carbonyl (C=O) groups is 1. The molecule has 0 bridgehead atoms. The van der Waals surface area contributed by atoms with Crippen LogP contribution in [0.1, 0.15) is 16.8 Å². The lowest BCUT2D eigenvalue weighted by Gasteiger charge is -2.40. The van der Waals surface area contributed by atoms with Crippen LogP contribution in [-0.4, -0.2) is 59.7 Å². The zero-order valence-corrected chi connectivity index (χ0v) is 17.3. The van der Waals surface area contributed by atoms with E-state index < -0.39 is 0 Å². The molecule has 8 nitrogen and oxygen atoms in total. The summed E-state index contributed by atoms with van der Waals surface area (Å²) in [4.78, 5) is 28.9. The first-order valence-electron chi connectivity index (χ1n) is 9.97. The molecular formula is C21H23ClN6O2. The Morgan fingerprint density at radius 3 is 2.93 bits per heavy atom. The van der Waals surface area contributed by atoms with Gasteiger partial charge >= 0.3 is 6.09 Å². The van der Waals surface area contributed by atoms with Crippen molar-refractivity contribution in [1.82, 2.24) is 20.2 Å². The van der Waals surface area contributed by atoms with Crippen LogP contribution in [0, 0.1) is 6.57 Å². The number of amides is 1. The monoisotopic (exact) mass is 426 g/mol. The highest BCUT2D eigenvalue weighted by Gasteiger charge is 2.35. The molecule has 1 aromatic heterocycles. The number of piperazine rings is 1. The topological polar surface area (TPSA) is 75.0 Å². The van der Waals surface area contributed by atoms with Crippen LogP contribution in [0.3, 0.4) is 0 Å². The Kier molecular flexibility index (Phi) is 6.31. The minimum absolute atomic E-state index is 0.208. The Balaban J connectivity index is 1.48. The van der Waals surface area contributed by atoms with Gasteiger partial charge in [-0.25, -0.2) is 21.3 Å². The van der Waals surface area contributed by atoms with Crippen molar-refractivity contribution in [2.75, 3.05) is 37.6 Å². The van der Waals surface area contributed by atoms with E-state index in [-0.39, 0.29) is 30.6 Å². The average Bonchev–Trinajstić information content (AvgIpc) is 2.78. The molecule has 0 radical (unpaired) electrons. The number of ether oxygens (including phenoxy) is 1. The van der Waals surface area contributed by atoms with E-state index in [1.807, 2.05) is 30.3 Å². The number of halogens is 1. The fourth-order valence-electron chi connectivity index (χ4n) is 3.92. The Morgan fingerprint density at radius 2 is 2.13 bits per heavy atom. The van der Waals surface area contributed by atoms with Gasteiger partial charge in [0.05, 0.1) is 5.69 Å². The molecule has 2 aliphatic rings. The summed E-state index contributed by atoms with van der Waals surface area (Å²) in [6, 6.07) is 9.30. The Hall–Kier alpha value is -2.89. The van der Waals surface area contributed by atoms with Crippen molar-refractivity contribution < 1.29 is 9.53 Å². The first-order chi connectivity index (χ1) is 14.7. The first kappa shape index (κ1) is 20.4. The van der Waals surface area contributed by atoms with Crippen LogP contribution in [0.2, 0.25) is 5.28 Å². The molecule has 1 aromatic carbocycles. The van der Waals surface area contributed by atoms with Crippen molar-refractivity contribution in [2.45, 2.75) is 25.6 Å². The number of nitrogens with one attached hydrogen (secondary N) is 1. The molecule has 1 fully saturated rings. The van der Waals surface area contributed by atoms with Gasteiger partial charge in [-0.3, -0.25) is 4.90 Å². The number of aromatic nitrogens is 2. The SMILES string of the molecule is [C-]#[N+]C[C@H]1CN(c2nc(Cl)nc3c2CCNC3)CCN1C(=O)OCc1ccccc1. The number of nitrogens with zero attached hydrogens (tertiary/aromatic N) is 5. The van der Waals surface area contributed by atoms with Crippen molar-refractivity contribution >= 4 is 23.5 Å². The molecule has 0 saturated carbocycles. The molecule has 1 amide bonds. The maximum atomic E-state index is 12.7. The second-order valence-electron chi connectivity index (χ2n) is 7.34. The third kappa shape index (κ3) is 4.48. The Morgan fingerprint density at radius 1 is 1.30 bits per heavy atom. The van der Waals surface area contributed by atoms with Gasteiger partial charge in [-0.05, 0) is 30.1 Å². The molecule has 0 spiro atoms. The van der Waals surface area contributed by atoms with Crippen LogP contribution in [0.25, 0.3) is 4.85 Å². The summed E-state index contributed by atoms with van der Waals surface area (Å²) in [5.41, 5.74) is 2.95. The summed E-state index contributed by atoms with van der Waals surface area (Å²) in [6.07, 6.45) is 0.438. The molecule has 4 rings (SSSR count). The van der Waals surface area contributed by atoms with Gasteiger partial charge in [-0.2, -0.15) is 0 Å². The lowest BCUT2D eigenvalue weighted by Crippen LogP contribution is -2.57. The number of hydrogen-bond donors (Lipinski definition) is 1. The summed E-state index contributed by atoms with van der Waals surface area (Å²) in [7, 11) is 0. The molecule has 9 heteroatoms. The highest BCUT2D eigenvalue weighted by atomic mass is 35.5. The smallest absolute Gasteiger partial charge is 0.410 e. The molecule has 0 aliphatic carbocycles. The van der Waals surface area contributed by atoms with Gasteiger partial charge in [0.1, 0.15) is 18.5 Å². The largest absolute Gasteiger partial charge is 0.445 e. The molecule has 1 saturated heterocycles. The van der Waals surface area contributed by atoms with Crippen LogP contribution in [0.5, 0.6) is 0 Å². The molecule has 2 aromatic rings. The van der Waals surface area contributed by atoms with Crippen molar-refractivity contribution in [2.24, 2.45) is 0 Å². The van der Waals surface area contributed by atoms with E-state index in [4.69, 9.17) is 22.9 Å². The Labute approximate surface area is 180 Å². The molecule has 1 N–H and O–H groups in total. The maximum absolute atomic E-state index is 12.7. The number of benzene rings is 1. The number of carbonyl (C=O) groups excluding carboxylic acids is 1. The number of fused-ring (bicyclic) bond motifs is 1. The maximum Gasteiger partial charge on any atom is 0.410 e. The van der Waals surface area contributed by atoms with Gasteiger partial charge in [0.15, 0.2) is 0 Å². The third-order valence-corrected chi connectivity index (χ3v) is 5.58. The summed E-state index contributed by atoms with van der Waals surface area (Å²) in [6.45, 7) is 10.9. The lowest BCUT2D eigenvalue weighted by molar-refractivity contribution is 0.0788. The Bertz CT molecular complexity index is 949. The van der Waals surface area contributed by atoms with Crippen molar-refractivity contribution in [1.29, 1.82) is 0 Å². The van der Waals surface area contributed by atoms with Crippen LogP contribution in [0.4, 0.5) is 10.6 Å². The zero-order valence-electron chi connectivity index (χ0n) is 16.6. The normalized spacial score (nSPS) is 18.5. The van der Waals surface area contributed by atoms with E-state index in [1.54, 1.807) is 4.90 Å². The fourth-order valence-corrected chi connectivity index (χ4v) is 4.11. The minimum Gasteiger partial charge on any atom is -0.445 e. The van der Waals surface area contributed by atoms with Crippen LogP contribution in [-0.2, 0) is 24.3 Å². The highest BCUT2D eigenvalue weighted by molar-refractivity contribution is 6.28. The van der Waals surface area contributed by atoms with E-state index in [0.717, 1.165) is 35.6 Å². The van der Waals surface area contributed by atoms with Crippen LogP contribution in [0.15, 0.2) is 30.3 Å². The molecule has 0 unspecified atom stereocenters. The van der Waals surface area contributed by atoms with E-state index in [2.05, 4.69) is 25.0 Å². The number of rotatable bonds is 4. The van der Waals surface area contributed by atoms with Gasteiger partial charge < -0.3 is 19.8 Å². The molecule has 156 valence electrons. The van der Waals surface area contributed by atoms with Gasteiger partial charge in [0.25, 0.3) is 0 Å². The summed E-state index contributed by atoms with van der Waals surface area (Å²) in [5.74, 6) is 0.818. The summed E-state index contributed by atoms with van der Waals surface area (Å²) < 4.78 is 5.51. The molecule has 30 heavy (non-hydrogen) atoms. The van der Waals surface area contributed by atoms with E-state index in [1.165, 1.54) is 0 Å². The lowest BCUT2D eigenvalue weighted by atomic mass is 10.1. The standard InChI is InChI=1S/C21H23ClN6O2/c1-23-11-16-13-27(19-17-7-8-24-12-18(17)25-20(22)26-19)9-10-28(16)21(29)30-14-15-5-3-2-4-6-15/h2-6,16,24H,7-14H2/t16-/m0/s1. The average molecular weight is 427 g/mol. The van der Waals surface area contributed by atoms with Crippen LogP contribution < -0.4 is 10.2 Å². The van der Waals surface area contributed by atoms with E-state index in [9.17, 15) is 4.79 Å². The number of anilines is 1. The quantitative estimate of drug-likeness (QED) is 0.598. The predicted octanol–water partition coefficient (Wildman–Crippen LogP) is 2.52. The summed E-state index contributed by atoms with van der Waals surface area (Å²) >= 11 is 6.17. The number of hydrogen-bond acceptors (Lipinski definition) is 6. The van der Waals surface area contributed by atoms with E-state index >= 15 is 0 Å².